The van der Waals surface area contributed by atoms with Crippen molar-refractivity contribution in [3.05, 3.63) is 28.3 Å². The Morgan fingerprint density at radius 2 is 1.55 bits per heavy atom. The maximum atomic E-state index is 9.06. The lowest BCUT2D eigenvalue weighted by Crippen LogP contribution is -1.79. The minimum Gasteiger partial charge on any atom is -0.508 e. The Labute approximate surface area is 72.6 Å². The average molecular weight is 173 g/mol. The molecule has 0 bridgehead atoms. The van der Waals surface area contributed by atoms with Crippen molar-refractivity contribution < 1.29 is 5.11 Å². The van der Waals surface area contributed by atoms with E-state index >= 15 is 0 Å². The molecule has 1 aromatic carbocycles. The van der Waals surface area contributed by atoms with Gasteiger partial charge in [0.25, 0.3) is 0 Å². The highest BCUT2D eigenvalue weighted by atomic mass is 35.5. The lowest BCUT2D eigenvalue weighted by atomic mass is 10.1. The van der Waals surface area contributed by atoms with E-state index in [1.54, 1.807) is 12.1 Å². The summed E-state index contributed by atoms with van der Waals surface area (Å²) in [6.45, 7) is 3.74. The third-order valence-electron chi connectivity index (χ3n) is 1.42. The monoisotopic (exact) mass is 172 g/mol. The molecular formula is C9H13ClO. The molecule has 1 aromatic rings. The maximum absolute atomic E-state index is 9.06. The second kappa shape index (κ2) is 3.63. The lowest BCUT2D eigenvalue weighted by molar-refractivity contribution is 0.474. The number of phenols is 1. The molecule has 1 rings (SSSR count). The molecule has 0 radical (unpaired) electrons. The first-order valence-corrected chi connectivity index (χ1v) is 3.45. The van der Waals surface area contributed by atoms with Crippen LogP contribution in [0.2, 0.25) is 5.02 Å². The van der Waals surface area contributed by atoms with E-state index in [4.69, 9.17) is 16.7 Å². The minimum absolute atomic E-state index is 0. The van der Waals surface area contributed by atoms with Crippen LogP contribution in [0.25, 0.3) is 0 Å². The lowest BCUT2D eigenvalue weighted by Gasteiger charge is -2.01. The molecule has 11 heavy (non-hydrogen) atoms. The molecule has 0 saturated carbocycles. The van der Waals surface area contributed by atoms with Gasteiger partial charge in [0, 0.05) is 5.02 Å². The molecule has 0 atom stereocenters. The second-order valence-corrected chi connectivity index (χ2v) is 2.77. The van der Waals surface area contributed by atoms with Gasteiger partial charge in [0.05, 0.1) is 0 Å². The fraction of sp³-hybridized carbons (Fsp3) is 0.333. The highest BCUT2D eigenvalue weighted by Gasteiger charge is 1.99. The molecule has 1 N–H and O–H groups in total. The zero-order chi connectivity index (χ0) is 7.72. The first-order valence-electron chi connectivity index (χ1n) is 3.07. The highest BCUT2D eigenvalue weighted by Crippen LogP contribution is 2.24. The van der Waals surface area contributed by atoms with Gasteiger partial charge in [0.2, 0.25) is 0 Å². The molecule has 0 unspecified atom stereocenters. The number of benzene rings is 1. The third-order valence-corrected chi connectivity index (χ3v) is 2.02. The van der Waals surface area contributed by atoms with Crippen LogP contribution in [-0.4, -0.2) is 5.11 Å². The molecular weight excluding hydrogens is 160 g/mol. The van der Waals surface area contributed by atoms with Gasteiger partial charge in [-0.25, -0.2) is 0 Å². The minimum atomic E-state index is 0. The molecule has 0 aliphatic heterocycles. The number of aryl methyl sites for hydroxylation is 2. The van der Waals surface area contributed by atoms with Gasteiger partial charge >= 0.3 is 0 Å². The van der Waals surface area contributed by atoms with Gasteiger partial charge in [0.15, 0.2) is 0 Å². The van der Waals surface area contributed by atoms with Crippen molar-refractivity contribution in [1.82, 2.24) is 0 Å². The van der Waals surface area contributed by atoms with E-state index < -0.39 is 0 Å². The first kappa shape index (κ1) is 10.3. The molecule has 0 aliphatic carbocycles. The summed E-state index contributed by atoms with van der Waals surface area (Å²) in [6, 6.07) is 3.30. The van der Waals surface area contributed by atoms with E-state index in [1.165, 1.54) is 0 Å². The quantitative estimate of drug-likeness (QED) is 0.637. The van der Waals surface area contributed by atoms with Crippen LogP contribution < -0.4 is 0 Å². The zero-order valence-corrected chi connectivity index (χ0v) is 6.74. The van der Waals surface area contributed by atoms with Crippen LogP contribution >= 0.6 is 11.6 Å². The Morgan fingerprint density at radius 3 is 1.91 bits per heavy atom. The fourth-order valence-electron chi connectivity index (χ4n) is 0.923. The van der Waals surface area contributed by atoms with Crippen LogP contribution in [0, 0.1) is 13.8 Å². The fourth-order valence-corrected chi connectivity index (χ4v) is 1.03. The number of halogens is 1. The summed E-state index contributed by atoms with van der Waals surface area (Å²) in [4.78, 5) is 0. The van der Waals surface area contributed by atoms with E-state index in [0.717, 1.165) is 16.1 Å². The Bertz CT molecular complexity index is 233. The second-order valence-electron chi connectivity index (χ2n) is 2.39. The SMILES string of the molecule is C.Cc1cc(O)cc(C)c1Cl. The van der Waals surface area contributed by atoms with Crippen LogP contribution in [0.5, 0.6) is 5.75 Å². The van der Waals surface area contributed by atoms with Gasteiger partial charge < -0.3 is 5.11 Å². The van der Waals surface area contributed by atoms with Gasteiger partial charge in [-0.1, -0.05) is 19.0 Å². The number of aromatic hydroxyl groups is 1. The molecule has 0 amide bonds. The standard InChI is InChI=1S/C8H9ClO.CH4/c1-5-3-7(10)4-6(2)8(5)9;/h3-4,10H,1-2H3;1H4. The Balaban J connectivity index is 0.000001000. The summed E-state index contributed by atoms with van der Waals surface area (Å²) < 4.78 is 0. The summed E-state index contributed by atoms with van der Waals surface area (Å²) >= 11 is 5.84. The first-order chi connectivity index (χ1) is 4.61. The Hall–Kier alpha value is -0.690. The summed E-state index contributed by atoms with van der Waals surface area (Å²) in [5.41, 5.74) is 1.83. The smallest absolute Gasteiger partial charge is 0.116 e. The van der Waals surface area contributed by atoms with Crippen LogP contribution in [0.4, 0.5) is 0 Å². The molecule has 0 fully saturated rings. The summed E-state index contributed by atoms with van der Waals surface area (Å²) in [7, 11) is 0. The number of hydrogen-bond acceptors (Lipinski definition) is 1. The normalized spacial score (nSPS) is 9.00. The van der Waals surface area contributed by atoms with E-state index in [2.05, 4.69) is 0 Å². The molecule has 0 aromatic heterocycles. The van der Waals surface area contributed by atoms with Crippen molar-refractivity contribution in [3.8, 4) is 5.75 Å². The van der Waals surface area contributed by atoms with Gasteiger partial charge in [-0.15, -0.1) is 0 Å². The van der Waals surface area contributed by atoms with Crippen LogP contribution in [0.3, 0.4) is 0 Å². The van der Waals surface area contributed by atoms with Crippen LogP contribution in [0.15, 0.2) is 12.1 Å². The maximum Gasteiger partial charge on any atom is 0.116 e. The largest absolute Gasteiger partial charge is 0.508 e. The van der Waals surface area contributed by atoms with Crippen molar-refractivity contribution in [2.75, 3.05) is 0 Å². The molecule has 62 valence electrons. The third kappa shape index (κ3) is 2.12. The Kier molecular flexibility index (Phi) is 3.40. The average Bonchev–Trinajstić information content (AvgIpc) is 1.82. The van der Waals surface area contributed by atoms with Crippen LogP contribution in [0.1, 0.15) is 18.6 Å². The van der Waals surface area contributed by atoms with Crippen molar-refractivity contribution in [1.29, 1.82) is 0 Å². The van der Waals surface area contributed by atoms with E-state index in [-0.39, 0.29) is 13.2 Å². The number of rotatable bonds is 0. The summed E-state index contributed by atoms with van der Waals surface area (Å²) in [6.07, 6.45) is 0. The zero-order valence-electron chi connectivity index (χ0n) is 5.98. The summed E-state index contributed by atoms with van der Waals surface area (Å²) in [5.74, 6) is 0.277. The van der Waals surface area contributed by atoms with Crippen molar-refractivity contribution in [3.63, 3.8) is 0 Å². The molecule has 1 nitrogen and oxygen atoms in total. The predicted octanol–water partition coefficient (Wildman–Crippen LogP) is 3.30. The molecule has 0 saturated heterocycles. The van der Waals surface area contributed by atoms with Gasteiger partial charge in [0.1, 0.15) is 5.75 Å². The van der Waals surface area contributed by atoms with E-state index in [9.17, 15) is 0 Å². The van der Waals surface area contributed by atoms with Crippen LogP contribution in [-0.2, 0) is 0 Å². The van der Waals surface area contributed by atoms with E-state index in [1.807, 2.05) is 13.8 Å². The van der Waals surface area contributed by atoms with Gasteiger partial charge in [-0.3, -0.25) is 0 Å². The number of hydrogen-bond donors (Lipinski definition) is 1. The highest BCUT2D eigenvalue weighted by molar-refractivity contribution is 6.32. The molecule has 0 spiro atoms. The Morgan fingerprint density at radius 1 is 1.18 bits per heavy atom. The van der Waals surface area contributed by atoms with Gasteiger partial charge in [-0.05, 0) is 37.1 Å². The topological polar surface area (TPSA) is 20.2 Å². The van der Waals surface area contributed by atoms with Crippen molar-refractivity contribution in [2.24, 2.45) is 0 Å². The molecule has 0 heterocycles. The molecule has 2 heteroatoms. The molecule has 0 aliphatic rings. The van der Waals surface area contributed by atoms with Crippen molar-refractivity contribution >= 4 is 11.6 Å². The summed E-state index contributed by atoms with van der Waals surface area (Å²) in [5, 5.41) is 9.79. The van der Waals surface area contributed by atoms with E-state index in [0.29, 0.717) is 0 Å². The van der Waals surface area contributed by atoms with Gasteiger partial charge in [-0.2, -0.15) is 0 Å². The van der Waals surface area contributed by atoms with Crippen molar-refractivity contribution in [2.45, 2.75) is 21.3 Å². The predicted molar refractivity (Wildman–Crippen MR) is 49.3 cm³/mol. The number of phenolic OH excluding ortho intramolecular Hbond substituents is 1.